The lowest BCUT2D eigenvalue weighted by molar-refractivity contribution is 0.100. The van der Waals surface area contributed by atoms with Crippen molar-refractivity contribution in [2.45, 2.75) is 0 Å². The average Bonchev–Trinajstić information content (AvgIpc) is 2.74. The van der Waals surface area contributed by atoms with Crippen LogP contribution in [-0.4, -0.2) is 18.0 Å². The number of rotatable bonds is 3. The molecule has 0 saturated carbocycles. The van der Waals surface area contributed by atoms with E-state index in [-0.39, 0.29) is 5.88 Å². The zero-order chi connectivity index (χ0) is 11.5. The Kier molecular flexibility index (Phi) is 2.87. The zero-order valence-corrected chi connectivity index (χ0v) is 9.45. The van der Waals surface area contributed by atoms with Crippen molar-refractivity contribution in [3.8, 4) is 16.5 Å². The van der Waals surface area contributed by atoms with Gasteiger partial charge in [-0.25, -0.2) is 4.98 Å². The topological polar surface area (TPSA) is 65.2 Å². The molecule has 0 bridgehead atoms. The first kappa shape index (κ1) is 10.6. The van der Waals surface area contributed by atoms with Gasteiger partial charge in [0, 0.05) is 5.56 Å². The van der Waals surface area contributed by atoms with E-state index in [9.17, 15) is 4.79 Å². The van der Waals surface area contributed by atoms with Crippen LogP contribution in [-0.2, 0) is 0 Å². The number of primary amides is 1. The van der Waals surface area contributed by atoms with E-state index in [1.807, 2.05) is 30.3 Å². The van der Waals surface area contributed by atoms with Gasteiger partial charge < -0.3 is 10.5 Å². The fourth-order valence-electron chi connectivity index (χ4n) is 1.30. The Hall–Kier alpha value is -1.88. The van der Waals surface area contributed by atoms with Crippen molar-refractivity contribution < 1.29 is 9.53 Å². The van der Waals surface area contributed by atoms with Crippen LogP contribution in [0.1, 0.15) is 9.67 Å². The first-order valence-corrected chi connectivity index (χ1v) is 5.44. The number of ether oxygens (including phenoxy) is 1. The Morgan fingerprint density at radius 3 is 2.56 bits per heavy atom. The van der Waals surface area contributed by atoms with Crippen LogP contribution in [0.3, 0.4) is 0 Å². The number of nitrogens with two attached hydrogens (primary N) is 1. The number of carbonyl (C=O) groups excluding carboxylic acids is 1. The summed E-state index contributed by atoms with van der Waals surface area (Å²) in [6.45, 7) is 0. The van der Waals surface area contributed by atoms with Gasteiger partial charge in [0.05, 0.1) is 7.11 Å². The van der Waals surface area contributed by atoms with Crippen LogP contribution in [0.5, 0.6) is 5.88 Å². The summed E-state index contributed by atoms with van der Waals surface area (Å²) in [4.78, 5) is 15.7. The molecule has 4 nitrogen and oxygen atoms in total. The van der Waals surface area contributed by atoms with Crippen LogP contribution in [0.25, 0.3) is 10.6 Å². The smallest absolute Gasteiger partial charge is 0.264 e. The molecule has 1 aromatic carbocycles. The molecule has 1 amide bonds. The van der Waals surface area contributed by atoms with Gasteiger partial charge in [-0.3, -0.25) is 4.79 Å². The summed E-state index contributed by atoms with van der Waals surface area (Å²) in [6, 6.07) is 9.58. The van der Waals surface area contributed by atoms with Crippen molar-refractivity contribution in [1.82, 2.24) is 4.98 Å². The lowest BCUT2D eigenvalue weighted by atomic mass is 10.2. The van der Waals surface area contributed by atoms with Crippen LogP contribution in [0.4, 0.5) is 0 Å². The van der Waals surface area contributed by atoms with Gasteiger partial charge in [-0.2, -0.15) is 0 Å². The number of carbonyl (C=O) groups is 1. The van der Waals surface area contributed by atoms with E-state index in [1.54, 1.807) is 0 Å². The lowest BCUT2D eigenvalue weighted by Crippen LogP contribution is -2.10. The summed E-state index contributed by atoms with van der Waals surface area (Å²) in [7, 11) is 1.47. The van der Waals surface area contributed by atoms with Crippen molar-refractivity contribution in [2.75, 3.05) is 7.11 Å². The van der Waals surface area contributed by atoms with E-state index in [4.69, 9.17) is 10.5 Å². The molecule has 82 valence electrons. The van der Waals surface area contributed by atoms with E-state index < -0.39 is 5.91 Å². The van der Waals surface area contributed by atoms with Gasteiger partial charge in [-0.15, -0.1) is 11.3 Å². The fraction of sp³-hybridized carbons (Fsp3) is 0.0909. The quantitative estimate of drug-likeness (QED) is 0.882. The maximum Gasteiger partial charge on any atom is 0.264 e. The van der Waals surface area contributed by atoms with E-state index in [1.165, 1.54) is 18.4 Å². The number of aromatic nitrogens is 1. The highest BCUT2D eigenvalue weighted by molar-refractivity contribution is 7.17. The largest absolute Gasteiger partial charge is 0.480 e. The molecule has 0 unspecified atom stereocenters. The lowest BCUT2D eigenvalue weighted by Gasteiger charge is -1.94. The monoisotopic (exact) mass is 234 g/mol. The second-order valence-corrected chi connectivity index (χ2v) is 4.09. The highest BCUT2D eigenvalue weighted by atomic mass is 32.1. The van der Waals surface area contributed by atoms with Crippen molar-refractivity contribution in [3.05, 3.63) is 35.2 Å². The third-order valence-corrected chi connectivity index (χ3v) is 3.13. The van der Waals surface area contributed by atoms with E-state index in [0.717, 1.165) is 10.6 Å². The number of thiazole rings is 1. The summed E-state index contributed by atoms with van der Waals surface area (Å²) in [6.07, 6.45) is 0. The Bertz CT molecular complexity index is 508. The normalized spacial score (nSPS) is 10.1. The minimum atomic E-state index is -0.517. The van der Waals surface area contributed by atoms with Gasteiger partial charge in [-0.1, -0.05) is 30.3 Å². The molecule has 0 aliphatic rings. The molecule has 0 spiro atoms. The summed E-state index contributed by atoms with van der Waals surface area (Å²) in [5.74, 6) is -0.229. The number of methoxy groups -OCH3 is 1. The van der Waals surface area contributed by atoms with Crippen molar-refractivity contribution >= 4 is 17.2 Å². The number of hydrogen-bond acceptors (Lipinski definition) is 4. The molecule has 0 atom stereocenters. The molecule has 0 aliphatic heterocycles. The highest BCUT2D eigenvalue weighted by Gasteiger charge is 2.16. The third kappa shape index (κ3) is 1.90. The minimum Gasteiger partial charge on any atom is -0.480 e. The molecular formula is C11H10N2O2S. The molecule has 1 heterocycles. The SMILES string of the molecule is COc1nc(-c2ccccc2)sc1C(N)=O. The molecular weight excluding hydrogens is 224 g/mol. The molecule has 5 heteroatoms. The van der Waals surface area contributed by atoms with Crippen LogP contribution < -0.4 is 10.5 Å². The number of hydrogen-bond donors (Lipinski definition) is 1. The first-order valence-electron chi connectivity index (χ1n) is 4.62. The van der Waals surface area contributed by atoms with E-state index in [0.29, 0.717) is 4.88 Å². The van der Waals surface area contributed by atoms with Gasteiger partial charge in [0.15, 0.2) is 4.88 Å². The van der Waals surface area contributed by atoms with Crippen molar-refractivity contribution in [3.63, 3.8) is 0 Å². The Balaban J connectivity index is 2.48. The van der Waals surface area contributed by atoms with E-state index in [2.05, 4.69) is 4.98 Å². The van der Waals surface area contributed by atoms with Crippen LogP contribution in [0.2, 0.25) is 0 Å². The molecule has 2 rings (SSSR count). The second kappa shape index (κ2) is 4.32. The standard InChI is InChI=1S/C11H10N2O2S/c1-15-10-8(9(12)14)16-11(13-10)7-5-3-2-4-6-7/h2-6H,1H3,(H2,12,14). The molecule has 0 aliphatic carbocycles. The Morgan fingerprint density at radius 2 is 2.06 bits per heavy atom. The van der Waals surface area contributed by atoms with Crippen molar-refractivity contribution in [2.24, 2.45) is 5.73 Å². The van der Waals surface area contributed by atoms with E-state index >= 15 is 0 Å². The molecule has 1 aromatic heterocycles. The number of benzene rings is 1. The van der Waals surface area contributed by atoms with Gasteiger partial charge in [0.1, 0.15) is 5.01 Å². The minimum absolute atomic E-state index is 0.288. The summed E-state index contributed by atoms with van der Waals surface area (Å²) >= 11 is 1.23. The Labute approximate surface area is 96.7 Å². The van der Waals surface area contributed by atoms with Crippen LogP contribution >= 0.6 is 11.3 Å². The summed E-state index contributed by atoms with van der Waals surface area (Å²) in [5, 5.41) is 0.728. The third-order valence-electron chi connectivity index (χ3n) is 2.03. The van der Waals surface area contributed by atoms with Gasteiger partial charge >= 0.3 is 0 Å². The molecule has 2 aromatic rings. The summed E-state index contributed by atoms with van der Waals surface area (Å²) in [5.41, 5.74) is 6.18. The maximum atomic E-state index is 11.1. The van der Waals surface area contributed by atoms with Crippen LogP contribution in [0, 0.1) is 0 Å². The second-order valence-electron chi connectivity index (χ2n) is 3.09. The molecule has 0 saturated heterocycles. The van der Waals surface area contributed by atoms with Gasteiger partial charge in [0.25, 0.3) is 5.91 Å². The molecule has 16 heavy (non-hydrogen) atoms. The molecule has 2 N–H and O–H groups in total. The van der Waals surface area contributed by atoms with Crippen LogP contribution in [0.15, 0.2) is 30.3 Å². The number of amides is 1. The first-order chi connectivity index (χ1) is 7.72. The molecule has 0 fully saturated rings. The molecule has 0 radical (unpaired) electrons. The zero-order valence-electron chi connectivity index (χ0n) is 8.64. The van der Waals surface area contributed by atoms with Crippen molar-refractivity contribution in [1.29, 1.82) is 0 Å². The maximum absolute atomic E-state index is 11.1. The number of nitrogens with zero attached hydrogens (tertiary/aromatic N) is 1. The van der Waals surface area contributed by atoms with Gasteiger partial charge in [-0.05, 0) is 0 Å². The van der Waals surface area contributed by atoms with Gasteiger partial charge in [0.2, 0.25) is 5.88 Å². The predicted octanol–water partition coefficient (Wildman–Crippen LogP) is 1.92. The Morgan fingerprint density at radius 1 is 1.38 bits per heavy atom. The fourth-order valence-corrected chi connectivity index (χ4v) is 2.20. The predicted molar refractivity (Wildman–Crippen MR) is 62.6 cm³/mol. The summed E-state index contributed by atoms with van der Waals surface area (Å²) < 4.78 is 5.01. The highest BCUT2D eigenvalue weighted by Crippen LogP contribution is 2.31. The average molecular weight is 234 g/mol.